The van der Waals surface area contributed by atoms with Gasteiger partial charge < -0.3 is 0 Å². The van der Waals surface area contributed by atoms with E-state index >= 15 is 0 Å². The van der Waals surface area contributed by atoms with Crippen molar-refractivity contribution in [3.63, 3.8) is 0 Å². The molecule has 3 aromatic rings. The maximum absolute atomic E-state index is 11.9. The summed E-state index contributed by atoms with van der Waals surface area (Å²) in [6.45, 7) is 0. The van der Waals surface area contributed by atoms with E-state index in [-0.39, 0.29) is 32.6 Å². The molecule has 0 saturated carbocycles. The van der Waals surface area contributed by atoms with Gasteiger partial charge in [-0.25, -0.2) is 0 Å². The van der Waals surface area contributed by atoms with Crippen LogP contribution in [0.15, 0.2) is 78.7 Å². The Bertz CT molecular complexity index is 976. The van der Waals surface area contributed by atoms with E-state index in [9.17, 15) is 5.11 Å². The Labute approximate surface area is 137 Å². The third-order valence-corrected chi connectivity index (χ3v) is 6.05. The van der Waals surface area contributed by atoms with Crippen molar-refractivity contribution in [3.05, 3.63) is 95.4 Å². The van der Waals surface area contributed by atoms with Crippen LogP contribution >= 0.6 is 0 Å². The Morgan fingerprint density at radius 1 is 0.810 bits per heavy atom. The molecule has 0 radical (unpaired) electrons. The number of hydrogen-bond acceptors (Lipinski definition) is 1. The van der Waals surface area contributed by atoms with E-state index in [2.05, 4.69) is 0 Å². The van der Waals surface area contributed by atoms with Crippen LogP contribution in [0.2, 0.25) is 0 Å². The first-order valence-corrected chi connectivity index (χ1v) is 8.25. The van der Waals surface area contributed by atoms with E-state index in [0.29, 0.717) is 11.1 Å². The molecule has 3 aromatic carbocycles. The van der Waals surface area contributed by atoms with Crippen molar-refractivity contribution in [1.29, 1.82) is 0 Å². The zero-order valence-corrected chi connectivity index (χ0v) is 12.7. The topological polar surface area (TPSA) is 20.2 Å². The quantitative estimate of drug-likeness (QED) is 0.670. The fraction of sp³-hybridized carbons (Fsp3) is 0.0526. The Morgan fingerprint density at radius 3 is 1.90 bits per heavy atom. The van der Waals surface area contributed by atoms with Crippen LogP contribution < -0.4 is 8.92 Å². The molecule has 0 fully saturated rings. The van der Waals surface area contributed by atoms with Crippen molar-refractivity contribution in [2.45, 2.75) is 5.60 Å². The van der Waals surface area contributed by atoms with Gasteiger partial charge in [0, 0.05) is 0 Å². The molecular weight excluding hydrogens is 323 g/mol. The standard InChI is InChI=1S/C19H14OSe/c20-19(14-8-2-1-3-9-14)15-10-4-6-12-17(15)21-18-13-7-5-11-16(18)19/h1-13,20H/i1D,2D,3D,8D,9D. The van der Waals surface area contributed by atoms with Crippen molar-refractivity contribution in [2.24, 2.45) is 0 Å². The molecule has 0 unspecified atom stereocenters. The summed E-state index contributed by atoms with van der Waals surface area (Å²) >= 11 is -0.0350. The molecule has 102 valence electrons. The van der Waals surface area contributed by atoms with Gasteiger partial charge in [-0.05, 0) is 0 Å². The molecule has 4 rings (SSSR count). The number of fused-ring (bicyclic) bond motifs is 2. The van der Waals surface area contributed by atoms with Gasteiger partial charge in [0.2, 0.25) is 0 Å². The summed E-state index contributed by atoms with van der Waals surface area (Å²) in [5.74, 6) is 0. The Morgan fingerprint density at radius 2 is 1.33 bits per heavy atom. The van der Waals surface area contributed by atoms with Gasteiger partial charge in [-0.15, -0.1) is 0 Å². The summed E-state index contributed by atoms with van der Waals surface area (Å²) in [5.41, 5.74) is -0.728. The van der Waals surface area contributed by atoms with Crippen LogP contribution in [-0.4, -0.2) is 20.1 Å². The first-order valence-electron chi connectivity index (χ1n) is 9.04. The molecule has 0 aromatic heterocycles. The van der Waals surface area contributed by atoms with Gasteiger partial charge in [-0.3, -0.25) is 0 Å². The zero-order valence-electron chi connectivity index (χ0n) is 16.0. The van der Waals surface area contributed by atoms with Crippen molar-refractivity contribution in [2.75, 3.05) is 0 Å². The summed E-state index contributed by atoms with van der Waals surface area (Å²) in [7, 11) is 0. The minimum atomic E-state index is -1.79. The summed E-state index contributed by atoms with van der Waals surface area (Å²) < 4.78 is 42.4. The molecule has 1 nitrogen and oxygen atoms in total. The molecule has 0 atom stereocenters. The molecule has 0 amide bonds. The van der Waals surface area contributed by atoms with Gasteiger partial charge >= 0.3 is 137 Å². The molecule has 0 spiro atoms. The monoisotopic (exact) mass is 343 g/mol. The predicted molar refractivity (Wildman–Crippen MR) is 86.4 cm³/mol. The molecule has 2 heteroatoms. The molecule has 0 aliphatic carbocycles. The third kappa shape index (κ3) is 1.88. The van der Waals surface area contributed by atoms with Crippen LogP contribution in [0, 0.1) is 0 Å². The molecule has 1 N–H and O–H groups in total. The van der Waals surface area contributed by atoms with E-state index in [1.54, 1.807) is 24.3 Å². The summed E-state index contributed by atoms with van der Waals surface area (Å²) in [6.07, 6.45) is 0. The van der Waals surface area contributed by atoms with Crippen molar-refractivity contribution < 1.29 is 12.0 Å². The second-order valence-corrected chi connectivity index (χ2v) is 7.08. The fourth-order valence-corrected chi connectivity index (χ4v) is 5.15. The number of hydrogen-bond donors (Lipinski definition) is 1. The van der Waals surface area contributed by atoms with Gasteiger partial charge in [0.25, 0.3) is 0 Å². The first kappa shape index (κ1) is 8.55. The first-order chi connectivity index (χ1) is 12.4. The Balaban J connectivity index is 2.16. The van der Waals surface area contributed by atoms with E-state index in [0.717, 1.165) is 8.92 Å². The van der Waals surface area contributed by atoms with Crippen LogP contribution in [0.1, 0.15) is 23.5 Å². The van der Waals surface area contributed by atoms with Gasteiger partial charge in [-0.2, -0.15) is 0 Å². The van der Waals surface area contributed by atoms with Crippen LogP contribution in [0.3, 0.4) is 0 Å². The van der Waals surface area contributed by atoms with Crippen molar-refractivity contribution in [1.82, 2.24) is 0 Å². The zero-order chi connectivity index (χ0) is 18.6. The fourth-order valence-electron chi connectivity index (χ4n) is 2.67. The van der Waals surface area contributed by atoms with E-state index < -0.39 is 23.7 Å². The Hall–Kier alpha value is -1.86. The second kappa shape index (κ2) is 4.85. The van der Waals surface area contributed by atoms with E-state index in [1.165, 1.54) is 0 Å². The maximum atomic E-state index is 11.9. The number of aliphatic hydroxyl groups is 1. The predicted octanol–water partition coefficient (Wildman–Crippen LogP) is 1.94. The number of benzene rings is 3. The van der Waals surface area contributed by atoms with Crippen LogP contribution in [-0.2, 0) is 5.60 Å². The third-order valence-electron chi connectivity index (χ3n) is 3.64. The average Bonchev–Trinajstić information content (AvgIpc) is 2.65. The molecule has 1 aliphatic rings. The summed E-state index contributed by atoms with van der Waals surface area (Å²) in [4.78, 5) is 0. The average molecular weight is 342 g/mol. The Kier molecular flexibility index (Phi) is 1.98. The SMILES string of the molecule is [2H]c1c([2H])c([2H])c(C2(O)c3ccccc3[Se]c3ccccc32)c([2H])c1[2H]. The molecule has 1 heterocycles. The van der Waals surface area contributed by atoms with Crippen LogP contribution in [0.25, 0.3) is 0 Å². The summed E-state index contributed by atoms with van der Waals surface area (Å²) in [6, 6.07) is 12.6. The van der Waals surface area contributed by atoms with E-state index in [1.807, 2.05) is 24.3 Å². The van der Waals surface area contributed by atoms with Crippen molar-refractivity contribution >= 4 is 23.9 Å². The van der Waals surface area contributed by atoms with Gasteiger partial charge in [0.15, 0.2) is 0 Å². The molecule has 0 saturated heterocycles. The minimum absolute atomic E-state index is 0.0350. The molecule has 21 heavy (non-hydrogen) atoms. The van der Waals surface area contributed by atoms with Gasteiger partial charge in [-0.1, -0.05) is 0 Å². The van der Waals surface area contributed by atoms with Crippen LogP contribution in [0.5, 0.6) is 0 Å². The molecule has 1 aliphatic heterocycles. The normalized spacial score (nSPS) is 18.4. The van der Waals surface area contributed by atoms with E-state index in [4.69, 9.17) is 6.85 Å². The van der Waals surface area contributed by atoms with Crippen molar-refractivity contribution in [3.8, 4) is 0 Å². The number of rotatable bonds is 1. The molecule has 0 bridgehead atoms. The second-order valence-electron chi connectivity index (χ2n) is 4.80. The van der Waals surface area contributed by atoms with Crippen LogP contribution in [0.4, 0.5) is 0 Å². The van der Waals surface area contributed by atoms with Gasteiger partial charge in [0.05, 0.1) is 0 Å². The van der Waals surface area contributed by atoms with Gasteiger partial charge in [0.1, 0.15) is 0 Å². The summed E-state index contributed by atoms with van der Waals surface area (Å²) in [5, 5.41) is 11.9. The molecular formula is C19H14OSe.